The number of methoxy groups -OCH3 is 1. The van der Waals surface area contributed by atoms with Crippen molar-refractivity contribution in [1.82, 2.24) is 20.0 Å². The number of amides is 2. The molecule has 0 aliphatic carbocycles. The van der Waals surface area contributed by atoms with Gasteiger partial charge in [-0.3, -0.25) is 14.0 Å². The third kappa shape index (κ3) is 5.55. The summed E-state index contributed by atoms with van der Waals surface area (Å²) in [4.78, 5) is 30.2. The molecule has 3 heterocycles. The zero-order chi connectivity index (χ0) is 24.8. The Kier molecular flexibility index (Phi) is 7.84. The monoisotopic (exact) mass is 480 g/mol. The van der Waals surface area contributed by atoms with Crippen LogP contribution in [0.1, 0.15) is 30.1 Å². The van der Waals surface area contributed by atoms with Crippen LogP contribution in [0.25, 0.3) is 16.9 Å². The van der Waals surface area contributed by atoms with Gasteiger partial charge in [0, 0.05) is 38.0 Å². The maximum absolute atomic E-state index is 13.1. The lowest BCUT2D eigenvalue weighted by atomic mass is 10.1. The van der Waals surface area contributed by atoms with Gasteiger partial charge in [0.15, 0.2) is 5.65 Å². The Hall–Kier alpha value is -3.63. The molecule has 10 nitrogen and oxygen atoms in total. The number of hydrogen-bond donors (Lipinski definition) is 4. The summed E-state index contributed by atoms with van der Waals surface area (Å²) in [5.74, 6) is 0.831. The molecule has 35 heavy (non-hydrogen) atoms. The number of imidazole rings is 1. The summed E-state index contributed by atoms with van der Waals surface area (Å²) < 4.78 is 12.9. The minimum atomic E-state index is -0.720. The highest BCUT2D eigenvalue weighted by Crippen LogP contribution is 2.31. The number of hydrogen-bond acceptors (Lipinski definition) is 7. The number of fused-ring (bicyclic) bond motifs is 1. The third-order valence-electron chi connectivity index (χ3n) is 5.96. The van der Waals surface area contributed by atoms with Crippen LogP contribution in [0.5, 0.6) is 5.75 Å². The molecule has 2 unspecified atom stereocenters. The van der Waals surface area contributed by atoms with Gasteiger partial charge in [-0.15, -0.1) is 0 Å². The zero-order valence-corrected chi connectivity index (χ0v) is 20.0. The average molecular weight is 481 g/mol. The SMILES string of the molecule is COc1ccc(-c2nc3c(C(=O)NC(C)C(=O)NCCN)cccn3c2NCC2CCCO2)cc1. The standard InChI is InChI=1S/C25H32N6O4/c1-16(24(32)27-12-11-26)29-25(33)20-6-3-13-31-22(20)30-21(17-7-9-18(34-2)10-8-17)23(31)28-15-19-5-4-14-35-19/h3,6-10,13,16,19,28H,4-5,11-12,14-15,26H2,1-2H3,(H,27,32)(H,29,33). The fourth-order valence-corrected chi connectivity index (χ4v) is 4.07. The second-order valence-electron chi connectivity index (χ2n) is 8.44. The van der Waals surface area contributed by atoms with E-state index < -0.39 is 6.04 Å². The highest BCUT2D eigenvalue weighted by molar-refractivity contribution is 6.02. The molecular formula is C25H32N6O4. The van der Waals surface area contributed by atoms with E-state index in [-0.39, 0.29) is 17.9 Å². The van der Waals surface area contributed by atoms with E-state index in [0.29, 0.717) is 36.5 Å². The first kappa shape index (κ1) is 24.5. The van der Waals surface area contributed by atoms with Crippen LogP contribution in [-0.4, -0.2) is 66.7 Å². The van der Waals surface area contributed by atoms with E-state index in [1.54, 1.807) is 26.2 Å². The van der Waals surface area contributed by atoms with Gasteiger partial charge >= 0.3 is 0 Å². The minimum Gasteiger partial charge on any atom is -0.497 e. The highest BCUT2D eigenvalue weighted by atomic mass is 16.5. The second-order valence-corrected chi connectivity index (χ2v) is 8.44. The van der Waals surface area contributed by atoms with Crippen LogP contribution in [0.4, 0.5) is 5.82 Å². The minimum absolute atomic E-state index is 0.128. The maximum Gasteiger partial charge on any atom is 0.255 e. The van der Waals surface area contributed by atoms with E-state index in [1.165, 1.54) is 0 Å². The molecule has 1 aliphatic rings. The zero-order valence-electron chi connectivity index (χ0n) is 20.0. The Labute approximate surface area is 204 Å². The molecule has 1 aliphatic heterocycles. The van der Waals surface area contributed by atoms with E-state index in [4.69, 9.17) is 20.2 Å². The Morgan fingerprint density at radius 3 is 2.77 bits per heavy atom. The van der Waals surface area contributed by atoms with Crippen molar-refractivity contribution in [2.75, 3.05) is 38.7 Å². The highest BCUT2D eigenvalue weighted by Gasteiger charge is 2.23. The number of nitrogens with one attached hydrogen (secondary N) is 3. The van der Waals surface area contributed by atoms with Gasteiger partial charge in [-0.25, -0.2) is 4.98 Å². The van der Waals surface area contributed by atoms with Gasteiger partial charge in [0.05, 0.1) is 18.8 Å². The van der Waals surface area contributed by atoms with Crippen LogP contribution >= 0.6 is 0 Å². The van der Waals surface area contributed by atoms with Crippen molar-refractivity contribution in [3.8, 4) is 17.0 Å². The van der Waals surface area contributed by atoms with Gasteiger partial charge < -0.3 is 31.2 Å². The molecule has 5 N–H and O–H groups in total. The van der Waals surface area contributed by atoms with Gasteiger partial charge in [0.25, 0.3) is 5.91 Å². The van der Waals surface area contributed by atoms with E-state index in [9.17, 15) is 9.59 Å². The summed E-state index contributed by atoms with van der Waals surface area (Å²) in [7, 11) is 1.62. The van der Waals surface area contributed by atoms with Gasteiger partial charge in [-0.2, -0.15) is 0 Å². The Bertz CT molecular complexity index is 1170. The van der Waals surface area contributed by atoms with Crippen molar-refractivity contribution >= 4 is 23.3 Å². The van der Waals surface area contributed by atoms with E-state index >= 15 is 0 Å². The first-order valence-electron chi connectivity index (χ1n) is 11.8. The third-order valence-corrected chi connectivity index (χ3v) is 5.96. The number of anilines is 1. The van der Waals surface area contributed by atoms with E-state index in [1.807, 2.05) is 34.9 Å². The van der Waals surface area contributed by atoms with Gasteiger partial charge in [-0.05, 0) is 56.2 Å². The molecule has 4 rings (SSSR count). The van der Waals surface area contributed by atoms with Crippen LogP contribution in [-0.2, 0) is 9.53 Å². The van der Waals surface area contributed by atoms with Crippen molar-refractivity contribution in [2.24, 2.45) is 5.73 Å². The van der Waals surface area contributed by atoms with E-state index in [2.05, 4.69) is 16.0 Å². The van der Waals surface area contributed by atoms with Crippen molar-refractivity contribution in [1.29, 1.82) is 0 Å². The predicted octanol–water partition coefficient (Wildman–Crippen LogP) is 1.79. The molecule has 10 heteroatoms. The molecule has 1 aromatic carbocycles. The molecule has 3 aromatic rings. The van der Waals surface area contributed by atoms with Crippen LogP contribution in [0, 0.1) is 0 Å². The fourth-order valence-electron chi connectivity index (χ4n) is 4.07. The molecule has 2 amide bonds. The van der Waals surface area contributed by atoms with Crippen molar-refractivity contribution < 1.29 is 19.1 Å². The van der Waals surface area contributed by atoms with Gasteiger partial charge in [-0.1, -0.05) is 0 Å². The van der Waals surface area contributed by atoms with Crippen molar-refractivity contribution in [3.63, 3.8) is 0 Å². The second kappa shape index (κ2) is 11.2. The Morgan fingerprint density at radius 2 is 2.09 bits per heavy atom. The van der Waals surface area contributed by atoms with Gasteiger partial charge in [0.2, 0.25) is 5.91 Å². The molecular weight excluding hydrogens is 448 g/mol. The molecule has 0 bridgehead atoms. The quantitative estimate of drug-likeness (QED) is 0.348. The fraction of sp³-hybridized carbons (Fsp3) is 0.400. The lowest BCUT2D eigenvalue weighted by Gasteiger charge is -2.15. The molecule has 2 atom stereocenters. The predicted molar refractivity (Wildman–Crippen MR) is 134 cm³/mol. The summed E-state index contributed by atoms with van der Waals surface area (Å²) in [6, 6.07) is 10.4. The van der Waals surface area contributed by atoms with Gasteiger partial charge in [0.1, 0.15) is 23.3 Å². The topological polar surface area (TPSA) is 132 Å². The molecule has 1 saturated heterocycles. The Balaban J connectivity index is 1.68. The average Bonchev–Trinajstić information content (AvgIpc) is 3.53. The number of carbonyl (C=O) groups is 2. The number of ether oxygens (including phenoxy) is 2. The van der Waals surface area contributed by atoms with Crippen LogP contribution in [0.3, 0.4) is 0 Å². The summed E-state index contributed by atoms with van der Waals surface area (Å²) in [6.07, 6.45) is 4.04. The first-order chi connectivity index (χ1) is 17.0. The van der Waals surface area contributed by atoms with Crippen molar-refractivity contribution in [3.05, 3.63) is 48.2 Å². The number of nitrogens with two attached hydrogens (primary N) is 1. The summed E-state index contributed by atoms with van der Waals surface area (Å²) >= 11 is 0. The molecule has 1 fully saturated rings. The molecule has 2 aromatic heterocycles. The van der Waals surface area contributed by atoms with Crippen LogP contribution < -0.4 is 26.4 Å². The van der Waals surface area contributed by atoms with Crippen molar-refractivity contribution in [2.45, 2.75) is 31.9 Å². The number of rotatable bonds is 10. The summed E-state index contributed by atoms with van der Waals surface area (Å²) in [5.41, 5.74) is 7.88. The smallest absolute Gasteiger partial charge is 0.255 e. The molecule has 186 valence electrons. The van der Waals surface area contributed by atoms with Crippen LogP contribution in [0.2, 0.25) is 0 Å². The number of aromatic nitrogens is 2. The number of carbonyl (C=O) groups excluding carboxylic acids is 2. The number of pyridine rings is 1. The van der Waals surface area contributed by atoms with Crippen LogP contribution in [0.15, 0.2) is 42.6 Å². The largest absolute Gasteiger partial charge is 0.497 e. The lowest BCUT2D eigenvalue weighted by Crippen LogP contribution is -2.46. The molecule has 0 radical (unpaired) electrons. The molecule has 0 saturated carbocycles. The number of benzene rings is 1. The summed E-state index contributed by atoms with van der Waals surface area (Å²) in [6.45, 7) is 3.71. The lowest BCUT2D eigenvalue weighted by molar-refractivity contribution is -0.122. The normalized spacial score (nSPS) is 16.1. The first-order valence-corrected chi connectivity index (χ1v) is 11.8. The van der Waals surface area contributed by atoms with E-state index in [0.717, 1.165) is 36.6 Å². The maximum atomic E-state index is 13.1. The Morgan fingerprint density at radius 1 is 1.29 bits per heavy atom. The summed E-state index contributed by atoms with van der Waals surface area (Å²) in [5, 5.41) is 8.93. The number of nitrogens with zero attached hydrogens (tertiary/aromatic N) is 2. The molecule has 0 spiro atoms.